The average Bonchev–Trinajstić information content (AvgIpc) is 2.65. The van der Waals surface area contributed by atoms with Gasteiger partial charge in [0.1, 0.15) is 11.8 Å². The second kappa shape index (κ2) is 10.8. The van der Waals surface area contributed by atoms with Gasteiger partial charge in [0, 0.05) is 17.6 Å². The normalized spacial score (nSPS) is 12.1. The summed E-state index contributed by atoms with van der Waals surface area (Å²) < 4.78 is 10.2. The third kappa shape index (κ3) is 6.48. The van der Waals surface area contributed by atoms with E-state index in [0.29, 0.717) is 12.0 Å². The van der Waals surface area contributed by atoms with Crippen molar-refractivity contribution >= 4 is 17.8 Å². The van der Waals surface area contributed by atoms with Gasteiger partial charge in [-0.2, -0.15) is 0 Å². The molecule has 0 unspecified atom stereocenters. The highest BCUT2D eigenvalue weighted by Gasteiger charge is 2.26. The van der Waals surface area contributed by atoms with Crippen molar-refractivity contribution in [1.82, 2.24) is 10.2 Å². The minimum Gasteiger partial charge on any atom is -0.496 e. The molecule has 0 fully saturated rings. The topological polar surface area (TPSA) is 84.9 Å². The lowest BCUT2D eigenvalue weighted by molar-refractivity contribution is -0.143. The molecule has 29 heavy (non-hydrogen) atoms. The second-order valence-corrected chi connectivity index (χ2v) is 7.99. The Morgan fingerprint density at radius 3 is 2.03 bits per heavy atom. The lowest BCUT2D eigenvalue weighted by Crippen LogP contribution is -2.43. The number of hydrogen-bond donors (Lipinski definition) is 1. The summed E-state index contributed by atoms with van der Waals surface area (Å²) in [6.45, 7) is 11.7. The molecule has 0 heterocycles. The Balaban J connectivity index is 3.16. The Labute approximate surface area is 173 Å². The van der Waals surface area contributed by atoms with Crippen LogP contribution in [0.1, 0.15) is 68.7 Å². The van der Waals surface area contributed by atoms with Crippen LogP contribution in [-0.4, -0.2) is 55.0 Å². The number of nitrogens with zero attached hydrogens (tertiary/aromatic N) is 1. The molecule has 1 N–H and O–H groups in total. The number of carbonyl (C=O) groups excluding carboxylic acids is 3. The van der Waals surface area contributed by atoms with Gasteiger partial charge in [0.25, 0.3) is 11.8 Å². The van der Waals surface area contributed by atoms with Crippen molar-refractivity contribution < 1.29 is 23.9 Å². The number of esters is 1. The van der Waals surface area contributed by atoms with Gasteiger partial charge >= 0.3 is 5.97 Å². The third-order valence-corrected chi connectivity index (χ3v) is 4.54. The molecule has 1 rings (SSSR count). The van der Waals surface area contributed by atoms with Gasteiger partial charge < -0.3 is 19.7 Å². The zero-order valence-electron chi connectivity index (χ0n) is 18.7. The smallest absolute Gasteiger partial charge is 0.328 e. The van der Waals surface area contributed by atoms with E-state index in [4.69, 9.17) is 9.47 Å². The summed E-state index contributed by atoms with van der Waals surface area (Å²) in [5.74, 6) is -0.621. The first-order valence-electron chi connectivity index (χ1n) is 9.92. The van der Waals surface area contributed by atoms with Crippen LogP contribution in [0.2, 0.25) is 0 Å². The summed E-state index contributed by atoms with van der Waals surface area (Å²) in [4.78, 5) is 39.5. The van der Waals surface area contributed by atoms with E-state index < -0.39 is 17.9 Å². The van der Waals surface area contributed by atoms with Gasteiger partial charge in [0.15, 0.2) is 0 Å². The third-order valence-electron chi connectivity index (χ3n) is 4.54. The Bertz CT molecular complexity index is 720. The average molecular weight is 407 g/mol. The number of rotatable bonds is 9. The molecule has 1 aromatic rings. The quantitative estimate of drug-likeness (QED) is 0.636. The largest absolute Gasteiger partial charge is 0.496 e. The van der Waals surface area contributed by atoms with Crippen molar-refractivity contribution in [3.8, 4) is 5.75 Å². The van der Waals surface area contributed by atoms with E-state index >= 15 is 0 Å². The lowest BCUT2D eigenvalue weighted by Gasteiger charge is -2.31. The zero-order chi connectivity index (χ0) is 22.3. The van der Waals surface area contributed by atoms with Crippen LogP contribution in [0.4, 0.5) is 0 Å². The molecule has 0 aromatic heterocycles. The minimum atomic E-state index is -0.754. The highest BCUT2D eigenvalue weighted by Crippen LogP contribution is 2.23. The maximum Gasteiger partial charge on any atom is 0.328 e. The molecular formula is C22H34N2O5. The van der Waals surface area contributed by atoms with E-state index in [0.717, 1.165) is 0 Å². The predicted molar refractivity (Wildman–Crippen MR) is 112 cm³/mol. The van der Waals surface area contributed by atoms with Crippen LogP contribution in [-0.2, 0) is 9.53 Å². The molecule has 1 aromatic carbocycles. The number of amides is 2. The minimum absolute atomic E-state index is 0.0355. The number of methoxy groups -OCH3 is 2. The van der Waals surface area contributed by atoms with Gasteiger partial charge in [-0.1, -0.05) is 13.8 Å². The molecule has 0 saturated heterocycles. The Kier molecular flexibility index (Phi) is 9.14. The van der Waals surface area contributed by atoms with Gasteiger partial charge in [-0.25, -0.2) is 4.79 Å². The number of ether oxygens (including phenoxy) is 2. The maximum absolute atomic E-state index is 12.9. The van der Waals surface area contributed by atoms with E-state index in [-0.39, 0.29) is 35.2 Å². The van der Waals surface area contributed by atoms with Gasteiger partial charge in [-0.15, -0.1) is 0 Å². The first kappa shape index (κ1) is 24.5. The molecule has 0 aliphatic rings. The fraction of sp³-hybridized carbons (Fsp3) is 0.591. The molecule has 0 saturated carbocycles. The molecule has 2 amide bonds. The Morgan fingerprint density at radius 2 is 1.59 bits per heavy atom. The molecule has 1 atom stereocenters. The molecular weight excluding hydrogens is 372 g/mol. The van der Waals surface area contributed by atoms with Gasteiger partial charge in [0.05, 0.1) is 19.8 Å². The van der Waals surface area contributed by atoms with Crippen molar-refractivity contribution in [3.63, 3.8) is 0 Å². The standard InChI is InChI=1S/C22H34N2O5/c1-13(2)11-18(22(27)29-8)23-20(25)17-10-9-16(12-19(17)28-7)21(26)24(14(3)4)15(5)6/h9-10,12-15,18H,11H2,1-8H3,(H,23,25)/t18-/m0/s1. The summed E-state index contributed by atoms with van der Waals surface area (Å²) in [6, 6.07) is 4.03. The number of carbonyl (C=O) groups is 3. The van der Waals surface area contributed by atoms with Crippen LogP contribution in [0.3, 0.4) is 0 Å². The van der Waals surface area contributed by atoms with Crippen LogP contribution < -0.4 is 10.1 Å². The number of benzene rings is 1. The highest BCUT2D eigenvalue weighted by molar-refractivity contribution is 6.01. The summed E-state index contributed by atoms with van der Waals surface area (Å²) in [6.07, 6.45) is 0.453. The first-order chi connectivity index (χ1) is 13.5. The van der Waals surface area contributed by atoms with E-state index in [9.17, 15) is 14.4 Å². The molecule has 162 valence electrons. The SMILES string of the molecule is COC(=O)[C@H](CC(C)C)NC(=O)c1ccc(C(=O)N(C(C)C)C(C)C)cc1OC. The van der Waals surface area contributed by atoms with E-state index in [1.807, 2.05) is 41.5 Å². The van der Waals surface area contributed by atoms with Crippen LogP contribution in [0.15, 0.2) is 18.2 Å². The zero-order valence-corrected chi connectivity index (χ0v) is 18.7. The molecule has 0 aliphatic heterocycles. The van der Waals surface area contributed by atoms with E-state index in [2.05, 4.69) is 5.32 Å². The molecule has 0 bridgehead atoms. The summed E-state index contributed by atoms with van der Waals surface area (Å²) in [7, 11) is 2.73. The number of hydrogen-bond acceptors (Lipinski definition) is 5. The molecule has 7 nitrogen and oxygen atoms in total. The van der Waals surface area contributed by atoms with Crippen LogP contribution >= 0.6 is 0 Å². The summed E-state index contributed by atoms with van der Waals surface area (Å²) in [5, 5.41) is 2.71. The number of nitrogens with one attached hydrogen (secondary N) is 1. The fourth-order valence-corrected chi connectivity index (χ4v) is 3.29. The lowest BCUT2D eigenvalue weighted by atomic mass is 10.0. The van der Waals surface area contributed by atoms with Crippen LogP contribution in [0.5, 0.6) is 5.75 Å². The molecule has 7 heteroatoms. The summed E-state index contributed by atoms with van der Waals surface area (Å²) >= 11 is 0. The predicted octanol–water partition coefficient (Wildman–Crippen LogP) is 3.27. The van der Waals surface area contributed by atoms with Crippen LogP contribution in [0, 0.1) is 5.92 Å². The van der Waals surface area contributed by atoms with Crippen molar-refractivity contribution in [3.05, 3.63) is 29.3 Å². The first-order valence-corrected chi connectivity index (χ1v) is 9.92. The van der Waals surface area contributed by atoms with Crippen molar-refractivity contribution in [1.29, 1.82) is 0 Å². The van der Waals surface area contributed by atoms with Crippen molar-refractivity contribution in [2.75, 3.05) is 14.2 Å². The maximum atomic E-state index is 12.9. The van der Waals surface area contributed by atoms with Gasteiger partial charge in [-0.05, 0) is 58.2 Å². The molecule has 0 spiro atoms. The second-order valence-electron chi connectivity index (χ2n) is 7.99. The molecule has 0 radical (unpaired) electrons. The van der Waals surface area contributed by atoms with Crippen molar-refractivity contribution in [2.24, 2.45) is 5.92 Å². The molecule has 0 aliphatic carbocycles. The van der Waals surface area contributed by atoms with Gasteiger partial charge in [0.2, 0.25) is 0 Å². The monoisotopic (exact) mass is 406 g/mol. The Morgan fingerprint density at radius 1 is 1.00 bits per heavy atom. The fourth-order valence-electron chi connectivity index (χ4n) is 3.29. The van der Waals surface area contributed by atoms with Gasteiger partial charge in [-0.3, -0.25) is 9.59 Å². The van der Waals surface area contributed by atoms with Crippen LogP contribution in [0.25, 0.3) is 0 Å². The van der Waals surface area contributed by atoms with Crippen molar-refractivity contribution in [2.45, 2.75) is 66.1 Å². The Hall–Kier alpha value is -2.57. The van der Waals surface area contributed by atoms with E-state index in [1.165, 1.54) is 14.2 Å². The van der Waals surface area contributed by atoms with E-state index in [1.54, 1.807) is 23.1 Å². The highest BCUT2D eigenvalue weighted by atomic mass is 16.5. The summed E-state index contributed by atoms with van der Waals surface area (Å²) in [5.41, 5.74) is 0.690.